The fourth-order valence-corrected chi connectivity index (χ4v) is 1.74. The largest absolute Gasteiger partial charge is 0.508 e. The van der Waals surface area contributed by atoms with Gasteiger partial charge in [0.2, 0.25) is 0 Å². The summed E-state index contributed by atoms with van der Waals surface area (Å²) in [5.41, 5.74) is 2.27. The lowest BCUT2D eigenvalue weighted by Crippen LogP contribution is -1.76. The molecule has 0 bridgehead atoms. The predicted octanol–water partition coefficient (Wildman–Crippen LogP) is 5.76. The van der Waals surface area contributed by atoms with Gasteiger partial charge in [-0.25, -0.2) is 0 Å². The Morgan fingerprint density at radius 2 is 0.792 bits per heavy atom. The van der Waals surface area contributed by atoms with Gasteiger partial charge in [-0.2, -0.15) is 0 Å². The van der Waals surface area contributed by atoms with Gasteiger partial charge in [0.25, 0.3) is 0 Å². The summed E-state index contributed by atoms with van der Waals surface area (Å²) in [6.07, 6.45) is 3.66. The summed E-state index contributed by atoms with van der Waals surface area (Å²) in [6.45, 7) is 7.38. The van der Waals surface area contributed by atoms with E-state index in [0.29, 0.717) is 11.5 Å². The highest BCUT2D eigenvalue weighted by Gasteiger charge is 1.89. The molecule has 0 heterocycles. The Hall–Kier alpha value is -3.26. The number of hydrogen-bond donors (Lipinski definition) is 2. The minimum Gasteiger partial charge on any atom is -0.508 e. The first-order valence-electron chi connectivity index (χ1n) is 7.49. The first-order chi connectivity index (χ1) is 11.7. The van der Waals surface area contributed by atoms with E-state index >= 15 is 0 Å². The molecule has 2 nitrogen and oxygen atoms in total. The Morgan fingerprint density at radius 1 is 0.500 bits per heavy atom. The molecule has 0 amide bonds. The smallest absolute Gasteiger partial charge is 0.115 e. The Bertz CT molecular complexity index is 655. The second kappa shape index (κ2) is 11.3. The van der Waals surface area contributed by atoms with Crippen molar-refractivity contribution in [2.45, 2.75) is 0 Å². The van der Waals surface area contributed by atoms with Gasteiger partial charge < -0.3 is 10.2 Å². The quantitative estimate of drug-likeness (QED) is 0.631. The van der Waals surface area contributed by atoms with Gasteiger partial charge in [-0.3, -0.25) is 0 Å². The Balaban J connectivity index is 0.000000185. The van der Waals surface area contributed by atoms with Crippen LogP contribution < -0.4 is 0 Å². The van der Waals surface area contributed by atoms with Gasteiger partial charge in [-0.05, 0) is 35.4 Å². The number of benzene rings is 3. The number of para-hydroxylation sites is 2. The summed E-state index contributed by atoms with van der Waals surface area (Å²) in [7, 11) is 0. The average Bonchev–Trinajstić information content (AvgIpc) is 2.64. The van der Waals surface area contributed by atoms with Crippen molar-refractivity contribution in [1.82, 2.24) is 0 Å². The molecule has 24 heavy (non-hydrogen) atoms. The number of hydrogen-bond acceptors (Lipinski definition) is 2. The molecule has 2 N–H and O–H groups in total. The first kappa shape index (κ1) is 18.8. The van der Waals surface area contributed by atoms with Gasteiger partial charge in [0.1, 0.15) is 11.5 Å². The van der Waals surface area contributed by atoms with Crippen LogP contribution in [0.2, 0.25) is 0 Å². The molecule has 0 saturated carbocycles. The van der Waals surface area contributed by atoms with Gasteiger partial charge in [0, 0.05) is 0 Å². The van der Waals surface area contributed by atoms with Gasteiger partial charge in [0.15, 0.2) is 0 Å². The molecular weight excluding hydrogens is 296 g/mol. The van der Waals surface area contributed by atoms with Crippen LogP contribution in [0.15, 0.2) is 98.1 Å². The maximum absolute atomic E-state index is 8.63. The van der Waals surface area contributed by atoms with E-state index in [-0.39, 0.29) is 0 Å². The van der Waals surface area contributed by atoms with Gasteiger partial charge >= 0.3 is 0 Å². The van der Waals surface area contributed by atoms with Crippen molar-refractivity contribution in [3.63, 3.8) is 0 Å². The fourth-order valence-electron chi connectivity index (χ4n) is 1.74. The molecule has 0 aliphatic rings. The normalized spacial score (nSPS) is 8.67. The zero-order valence-electron chi connectivity index (χ0n) is 13.5. The Labute approximate surface area is 143 Å². The summed E-state index contributed by atoms with van der Waals surface area (Å²) in [4.78, 5) is 0. The molecule has 0 unspecified atom stereocenters. The average molecular weight is 318 g/mol. The molecule has 122 valence electrons. The molecule has 3 rings (SSSR count). The monoisotopic (exact) mass is 318 g/mol. The summed E-state index contributed by atoms with van der Waals surface area (Å²) < 4.78 is 0. The van der Waals surface area contributed by atoms with Crippen molar-refractivity contribution in [3.8, 4) is 11.5 Å². The molecule has 0 radical (unpaired) electrons. The Morgan fingerprint density at radius 3 is 1.00 bits per heavy atom. The number of phenols is 2. The van der Waals surface area contributed by atoms with Crippen LogP contribution in [0.3, 0.4) is 0 Å². The SMILES string of the molecule is C=Cc1ccccc1C=C.Oc1ccccc1.Oc1ccccc1. The van der Waals surface area contributed by atoms with E-state index in [1.165, 1.54) is 0 Å². The van der Waals surface area contributed by atoms with Crippen LogP contribution in [-0.2, 0) is 0 Å². The van der Waals surface area contributed by atoms with Crippen molar-refractivity contribution < 1.29 is 10.2 Å². The van der Waals surface area contributed by atoms with Crippen LogP contribution in [0, 0.1) is 0 Å². The fraction of sp³-hybridized carbons (Fsp3) is 0. The van der Waals surface area contributed by atoms with Crippen molar-refractivity contribution in [2.75, 3.05) is 0 Å². The van der Waals surface area contributed by atoms with E-state index in [1.807, 2.05) is 48.6 Å². The van der Waals surface area contributed by atoms with Crippen LogP contribution in [0.5, 0.6) is 11.5 Å². The molecule has 0 spiro atoms. The molecule has 3 aromatic rings. The number of rotatable bonds is 2. The molecule has 0 fully saturated rings. The molecule has 3 aromatic carbocycles. The zero-order valence-corrected chi connectivity index (χ0v) is 13.5. The van der Waals surface area contributed by atoms with E-state index < -0.39 is 0 Å². The topological polar surface area (TPSA) is 40.5 Å². The van der Waals surface area contributed by atoms with E-state index in [9.17, 15) is 0 Å². The van der Waals surface area contributed by atoms with Crippen molar-refractivity contribution in [3.05, 3.63) is 109 Å². The van der Waals surface area contributed by atoms with Crippen molar-refractivity contribution >= 4 is 12.2 Å². The maximum Gasteiger partial charge on any atom is 0.115 e. The van der Waals surface area contributed by atoms with Crippen molar-refractivity contribution in [2.24, 2.45) is 0 Å². The molecular formula is C22H22O2. The maximum atomic E-state index is 8.63. The third kappa shape index (κ3) is 7.66. The molecule has 2 heteroatoms. The third-order valence-electron chi connectivity index (χ3n) is 2.95. The minimum atomic E-state index is 0.322. The van der Waals surface area contributed by atoms with E-state index in [2.05, 4.69) is 13.2 Å². The first-order valence-corrected chi connectivity index (χ1v) is 7.49. The highest BCUT2D eigenvalue weighted by Crippen LogP contribution is 2.10. The van der Waals surface area contributed by atoms with Crippen LogP contribution in [0.1, 0.15) is 11.1 Å². The van der Waals surface area contributed by atoms with Gasteiger partial charge in [-0.1, -0.05) is 86.0 Å². The van der Waals surface area contributed by atoms with Gasteiger partial charge in [0.05, 0.1) is 0 Å². The highest BCUT2D eigenvalue weighted by molar-refractivity contribution is 5.63. The summed E-state index contributed by atoms with van der Waals surface area (Å²) in [5.74, 6) is 0.644. The van der Waals surface area contributed by atoms with Crippen molar-refractivity contribution in [1.29, 1.82) is 0 Å². The van der Waals surface area contributed by atoms with Crippen LogP contribution >= 0.6 is 0 Å². The number of phenolic OH excluding ortho intramolecular Hbond substituents is 2. The molecule has 0 aliphatic heterocycles. The second-order valence-electron chi connectivity index (χ2n) is 4.71. The lowest BCUT2D eigenvalue weighted by Gasteiger charge is -1.96. The highest BCUT2D eigenvalue weighted by atomic mass is 16.3. The van der Waals surface area contributed by atoms with Crippen LogP contribution in [-0.4, -0.2) is 10.2 Å². The second-order valence-corrected chi connectivity index (χ2v) is 4.71. The van der Waals surface area contributed by atoms with E-state index in [1.54, 1.807) is 48.5 Å². The van der Waals surface area contributed by atoms with Crippen LogP contribution in [0.25, 0.3) is 12.2 Å². The lowest BCUT2D eigenvalue weighted by molar-refractivity contribution is 0.475. The van der Waals surface area contributed by atoms with Crippen LogP contribution in [0.4, 0.5) is 0 Å². The molecule has 0 atom stereocenters. The molecule has 0 saturated heterocycles. The summed E-state index contributed by atoms with van der Waals surface area (Å²) in [5, 5.41) is 17.3. The summed E-state index contributed by atoms with van der Waals surface area (Å²) in [6, 6.07) is 25.4. The van der Waals surface area contributed by atoms with E-state index in [0.717, 1.165) is 11.1 Å². The molecule has 0 aliphatic carbocycles. The zero-order chi connectivity index (χ0) is 17.6. The Kier molecular flexibility index (Phi) is 8.87. The lowest BCUT2D eigenvalue weighted by atomic mass is 10.1. The van der Waals surface area contributed by atoms with Gasteiger partial charge in [-0.15, -0.1) is 0 Å². The number of aromatic hydroxyl groups is 2. The minimum absolute atomic E-state index is 0.322. The van der Waals surface area contributed by atoms with E-state index in [4.69, 9.17) is 10.2 Å². The standard InChI is InChI=1S/C10H10.2C6H6O/c1-3-9-7-5-6-8-10(9)4-2;2*7-6-4-2-1-3-5-6/h3-8H,1-2H2;2*1-5,7H. The predicted molar refractivity (Wildman–Crippen MR) is 103 cm³/mol. The third-order valence-corrected chi connectivity index (χ3v) is 2.95. The molecule has 0 aromatic heterocycles. The summed E-state index contributed by atoms with van der Waals surface area (Å²) >= 11 is 0.